The molecular weight excluding hydrogens is 360 g/mol. The Morgan fingerprint density at radius 2 is 1.67 bits per heavy atom. The zero-order chi connectivity index (χ0) is 19.7. The van der Waals surface area contributed by atoms with Gasteiger partial charge in [0.25, 0.3) is 0 Å². The zero-order valence-corrected chi connectivity index (χ0v) is 17.3. The van der Waals surface area contributed by atoms with Gasteiger partial charge in [0.15, 0.2) is 0 Å². The van der Waals surface area contributed by atoms with Gasteiger partial charge in [-0.15, -0.1) is 0 Å². The molecule has 0 radical (unpaired) electrons. The van der Waals surface area contributed by atoms with E-state index in [9.17, 15) is 8.42 Å². The van der Waals surface area contributed by atoms with Gasteiger partial charge in [0, 0.05) is 18.8 Å². The van der Waals surface area contributed by atoms with Crippen molar-refractivity contribution in [1.82, 2.24) is 9.29 Å². The van der Waals surface area contributed by atoms with E-state index in [-0.39, 0.29) is 11.5 Å². The Kier molecular flexibility index (Phi) is 5.58. The summed E-state index contributed by atoms with van der Waals surface area (Å²) in [6.45, 7) is 9.21. The molecule has 1 aliphatic heterocycles. The first kappa shape index (κ1) is 19.8. The van der Waals surface area contributed by atoms with E-state index in [1.54, 1.807) is 22.6 Å². The van der Waals surface area contributed by atoms with E-state index in [1.807, 2.05) is 31.2 Å². The first-order valence-corrected chi connectivity index (χ1v) is 10.8. The van der Waals surface area contributed by atoms with Gasteiger partial charge >= 0.3 is 0 Å². The molecule has 0 unspecified atom stereocenters. The lowest BCUT2D eigenvalue weighted by molar-refractivity contribution is 0.134. The molecule has 0 atom stereocenters. The van der Waals surface area contributed by atoms with Crippen LogP contribution < -0.4 is 4.74 Å². The lowest BCUT2D eigenvalue weighted by Gasteiger charge is -2.31. The first-order chi connectivity index (χ1) is 12.7. The smallest absolute Gasteiger partial charge is 0.243 e. The zero-order valence-electron chi connectivity index (χ0n) is 16.5. The number of aromatic nitrogens is 1. The van der Waals surface area contributed by atoms with Crippen molar-refractivity contribution in [3.05, 3.63) is 53.9 Å². The SMILES string of the molecule is Cc1ccc(OC2CCN(S(=O)(=O)c3ccc(C(C)(C)C)cc3)CC2)cn1. The Balaban J connectivity index is 1.63. The number of benzene rings is 1. The van der Waals surface area contributed by atoms with Crippen LogP contribution in [0, 0.1) is 6.92 Å². The molecule has 146 valence electrons. The third-order valence-corrected chi connectivity index (χ3v) is 6.86. The Hall–Kier alpha value is -1.92. The van der Waals surface area contributed by atoms with Crippen molar-refractivity contribution in [1.29, 1.82) is 0 Å². The number of nitrogens with zero attached hydrogens (tertiary/aromatic N) is 2. The second kappa shape index (κ2) is 7.60. The lowest BCUT2D eigenvalue weighted by atomic mass is 9.87. The van der Waals surface area contributed by atoms with Crippen molar-refractivity contribution in [2.45, 2.75) is 57.0 Å². The Labute approximate surface area is 162 Å². The standard InChI is InChI=1S/C21H28N2O3S/c1-16-5-8-19(15-22-16)26-18-11-13-23(14-12-18)27(24,25)20-9-6-17(7-10-20)21(2,3)4/h5-10,15,18H,11-14H2,1-4H3. The predicted octanol–water partition coefficient (Wildman–Crippen LogP) is 3.92. The number of hydrogen-bond donors (Lipinski definition) is 0. The maximum absolute atomic E-state index is 12.9. The minimum atomic E-state index is -3.46. The highest BCUT2D eigenvalue weighted by molar-refractivity contribution is 7.89. The fraction of sp³-hybridized carbons (Fsp3) is 0.476. The lowest BCUT2D eigenvalue weighted by Crippen LogP contribution is -2.41. The summed E-state index contributed by atoms with van der Waals surface area (Å²) in [6.07, 6.45) is 3.08. The van der Waals surface area contributed by atoms with Crippen LogP contribution in [0.2, 0.25) is 0 Å². The molecule has 0 N–H and O–H groups in total. The van der Waals surface area contributed by atoms with Crippen LogP contribution >= 0.6 is 0 Å². The molecule has 2 aromatic rings. The second-order valence-corrected chi connectivity index (χ2v) is 10.1. The highest BCUT2D eigenvalue weighted by Crippen LogP contribution is 2.27. The monoisotopic (exact) mass is 388 g/mol. The molecule has 2 heterocycles. The van der Waals surface area contributed by atoms with Gasteiger partial charge in [-0.1, -0.05) is 32.9 Å². The molecule has 1 saturated heterocycles. The number of aryl methyl sites for hydroxylation is 1. The van der Waals surface area contributed by atoms with Crippen molar-refractivity contribution < 1.29 is 13.2 Å². The molecular formula is C21H28N2O3S. The van der Waals surface area contributed by atoms with E-state index in [2.05, 4.69) is 25.8 Å². The van der Waals surface area contributed by atoms with E-state index in [4.69, 9.17) is 4.74 Å². The summed E-state index contributed by atoms with van der Waals surface area (Å²) >= 11 is 0. The second-order valence-electron chi connectivity index (χ2n) is 8.13. The summed E-state index contributed by atoms with van der Waals surface area (Å²) in [5, 5.41) is 0. The van der Waals surface area contributed by atoms with Gasteiger partial charge in [-0.25, -0.2) is 8.42 Å². The molecule has 1 aliphatic rings. The molecule has 0 amide bonds. The maximum atomic E-state index is 12.9. The van der Waals surface area contributed by atoms with Crippen molar-refractivity contribution in [2.24, 2.45) is 0 Å². The average molecular weight is 389 g/mol. The number of piperidine rings is 1. The van der Waals surface area contributed by atoms with Crippen LogP contribution in [0.1, 0.15) is 44.9 Å². The predicted molar refractivity (Wildman–Crippen MR) is 107 cm³/mol. The molecule has 3 rings (SSSR count). The molecule has 0 spiro atoms. The van der Waals surface area contributed by atoms with Gasteiger partial charge in [0.05, 0.1) is 11.1 Å². The molecule has 5 nitrogen and oxygen atoms in total. The van der Waals surface area contributed by atoms with Crippen LogP contribution in [0.25, 0.3) is 0 Å². The third-order valence-electron chi connectivity index (χ3n) is 4.95. The maximum Gasteiger partial charge on any atom is 0.243 e. The van der Waals surface area contributed by atoms with Gasteiger partial charge in [0.1, 0.15) is 11.9 Å². The van der Waals surface area contributed by atoms with Gasteiger partial charge in [-0.05, 0) is 55.0 Å². The summed E-state index contributed by atoms with van der Waals surface area (Å²) in [5.74, 6) is 0.736. The first-order valence-electron chi connectivity index (χ1n) is 9.36. The number of hydrogen-bond acceptors (Lipinski definition) is 4. The summed E-state index contributed by atoms with van der Waals surface area (Å²) in [4.78, 5) is 4.59. The van der Waals surface area contributed by atoms with Crippen molar-refractivity contribution in [3.63, 3.8) is 0 Å². The number of sulfonamides is 1. The summed E-state index contributed by atoms with van der Waals surface area (Å²) in [6, 6.07) is 11.1. The number of pyridine rings is 1. The third kappa shape index (κ3) is 4.68. The molecule has 1 fully saturated rings. The minimum absolute atomic E-state index is 0.00279. The summed E-state index contributed by atoms with van der Waals surface area (Å²) in [7, 11) is -3.46. The number of ether oxygens (including phenoxy) is 1. The largest absolute Gasteiger partial charge is 0.489 e. The van der Waals surface area contributed by atoms with E-state index in [0.29, 0.717) is 30.8 Å². The highest BCUT2D eigenvalue weighted by atomic mass is 32.2. The Morgan fingerprint density at radius 3 is 2.19 bits per heavy atom. The van der Waals surface area contributed by atoms with Crippen LogP contribution in [-0.2, 0) is 15.4 Å². The Bertz CT molecular complexity index is 861. The molecule has 0 saturated carbocycles. The van der Waals surface area contributed by atoms with Crippen LogP contribution in [0.4, 0.5) is 0 Å². The van der Waals surface area contributed by atoms with E-state index in [1.165, 1.54) is 0 Å². The van der Waals surface area contributed by atoms with Crippen LogP contribution in [0.3, 0.4) is 0 Å². The molecule has 0 aliphatic carbocycles. The van der Waals surface area contributed by atoms with Gasteiger partial charge in [0.2, 0.25) is 10.0 Å². The van der Waals surface area contributed by atoms with Crippen molar-refractivity contribution in [3.8, 4) is 5.75 Å². The summed E-state index contributed by atoms with van der Waals surface area (Å²) in [5.41, 5.74) is 2.07. The quantitative estimate of drug-likeness (QED) is 0.796. The highest BCUT2D eigenvalue weighted by Gasteiger charge is 2.30. The van der Waals surface area contributed by atoms with Crippen molar-refractivity contribution >= 4 is 10.0 Å². The van der Waals surface area contributed by atoms with Crippen LogP contribution in [0.5, 0.6) is 5.75 Å². The van der Waals surface area contributed by atoms with Crippen LogP contribution in [-0.4, -0.2) is 36.9 Å². The van der Waals surface area contributed by atoms with E-state index in [0.717, 1.165) is 17.0 Å². The fourth-order valence-corrected chi connectivity index (χ4v) is 4.65. The minimum Gasteiger partial charge on any atom is -0.489 e. The summed E-state index contributed by atoms with van der Waals surface area (Å²) < 4.78 is 33.4. The molecule has 0 bridgehead atoms. The van der Waals surface area contributed by atoms with Crippen molar-refractivity contribution in [2.75, 3.05) is 13.1 Å². The van der Waals surface area contributed by atoms with E-state index < -0.39 is 10.0 Å². The van der Waals surface area contributed by atoms with Gasteiger partial charge in [-0.2, -0.15) is 4.31 Å². The molecule has 1 aromatic heterocycles. The fourth-order valence-electron chi connectivity index (χ4n) is 3.18. The molecule has 1 aromatic carbocycles. The van der Waals surface area contributed by atoms with Gasteiger partial charge < -0.3 is 4.74 Å². The van der Waals surface area contributed by atoms with Crippen LogP contribution in [0.15, 0.2) is 47.5 Å². The topological polar surface area (TPSA) is 59.5 Å². The molecule has 27 heavy (non-hydrogen) atoms. The normalized spacial score (nSPS) is 17.0. The number of rotatable bonds is 4. The average Bonchev–Trinajstić information content (AvgIpc) is 2.63. The van der Waals surface area contributed by atoms with E-state index >= 15 is 0 Å². The molecule has 6 heteroatoms. The van der Waals surface area contributed by atoms with Gasteiger partial charge in [-0.3, -0.25) is 4.98 Å². The Morgan fingerprint density at radius 1 is 1.04 bits per heavy atom.